The van der Waals surface area contributed by atoms with Crippen molar-refractivity contribution in [2.24, 2.45) is 5.92 Å². The molecule has 1 aliphatic carbocycles. The van der Waals surface area contributed by atoms with E-state index in [1.165, 1.54) is 12.8 Å². The standard InChI is InChI=1S/C11H18N2O2/c1-2-5-12-7-10(8-14)13(11(12)15)6-9-3-4-9/h8-10H,2-7H2,1H3/t10-/m0/s1. The molecule has 0 bridgehead atoms. The lowest BCUT2D eigenvalue weighted by molar-refractivity contribution is -0.110. The zero-order valence-electron chi connectivity index (χ0n) is 9.19. The SMILES string of the molecule is CCCN1C[C@@H](C=O)N(CC2CC2)C1=O. The number of hydrogen-bond acceptors (Lipinski definition) is 2. The van der Waals surface area contributed by atoms with E-state index in [2.05, 4.69) is 0 Å². The van der Waals surface area contributed by atoms with Gasteiger partial charge in [0.05, 0.1) is 0 Å². The van der Waals surface area contributed by atoms with Crippen LogP contribution < -0.4 is 0 Å². The molecule has 0 unspecified atom stereocenters. The van der Waals surface area contributed by atoms with Crippen LogP contribution in [0.25, 0.3) is 0 Å². The van der Waals surface area contributed by atoms with Gasteiger partial charge in [-0.3, -0.25) is 0 Å². The van der Waals surface area contributed by atoms with Crippen molar-refractivity contribution in [3.63, 3.8) is 0 Å². The molecule has 0 radical (unpaired) electrons. The number of amides is 2. The number of carbonyl (C=O) groups excluding carboxylic acids is 2. The lowest BCUT2D eigenvalue weighted by Gasteiger charge is -2.19. The summed E-state index contributed by atoms with van der Waals surface area (Å²) in [6.45, 7) is 4.18. The van der Waals surface area contributed by atoms with Crippen molar-refractivity contribution >= 4 is 12.3 Å². The maximum Gasteiger partial charge on any atom is 0.320 e. The van der Waals surface area contributed by atoms with Crippen LogP contribution in [0.1, 0.15) is 26.2 Å². The molecule has 0 aromatic carbocycles. The van der Waals surface area contributed by atoms with E-state index >= 15 is 0 Å². The van der Waals surface area contributed by atoms with Crippen LogP contribution in [-0.2, 0) is 4.79 Å². The van der Waals surface area contributed by atoms with E-state index in [-0.39, 0.29) is 12.1 Å². The summed E-state index contributed by atoms with van der Waals surface area (Å²) in [6, 6.07) is -0.148. The first-order chi connectivity index (χ1) is 7.26. The van der Waals surface area contributed by atoms with Gasteiger partial charge in [0.1, 0.15) is 12.3 Å². The van der Waals surface area contributed by atoms with Crippen molar-refractivity contribution in [1.29, 1.82) is 0 Å². The molecule has 2 aliphatic rings. The van der Waals surface area contributed by atoms with Gasteiger partial charge in [-0.2, -0.15) is 0 Å². The Balaban J connectivity index is 1.99. The topological polar surface area (TPSA) is 40.6 Å². The summed E-state index contributed by atoms with van der Waals surface area (Å²) >= 11 is 0. The smallest absolute Gasteiger partial charge is 0.320 e. The highest BCUT2D eigenvalue weighted by molar-refractivity contribution is 5.82. The number of urea groups is 1. The van der Waals surface area contributed by atoms with Crippen LogP contribution in [-0.4, -0.2) is 47.8 Å². The third-order valence-corrected chi connectivity index (χ3v) is 3.13. The molecule has 4 nitrogen and oxygen atoms in total. The molecule has 0 spiro atoms. The van der Waals surface area contributed by atoms with Gasteiger partial charge in [0.15, 0.2) is 0 Å². The second kappa shape index (κ2) is 4.21. The molecule has 4 heteroatoms. The molecule has 0 aromatic heterocycles. The second-order valence-electron chi connectivity index (χ2n) is 4.53. The minimum Gasteiger partial charge on any atom is -0.322 e. The van der Waals surface area contributed by atoms with E-state index in [4.69, 9.17) is 0 Å². The molecule has 2 fully saturated rings. The van der Waals surface area contributed by atoms with E-state index in [9.17, 15) is 9.59 Å². The second-order valence-corrected chi connectivity index (χ2v) is 4.53. The number of hydrogen-bond donors (Lipinski definition) is 0. The Kier molecular flexibility index (Phi) is 2.93. The third kappa shape index (κ3) is 2.13. The molecule has 0 N–H and O–H groups in total. The zero-order valence-corrected chi connectivity index (χ0v) is 9.19. The van der Waals surface area contributed by atoms with Gasteiger partial charge in [-0.25, -0.2) is 4.79 Å². The van der Waals surface area contributed by atoms with Crippen LogP contribution in [0.15, 0.2) is 0 Å². The molecule has 1 heterocycles. The lowest BCUT2D eigenvalue weighted by Crippen LogP contribution is -2.37. The molecule has 84 valence electrons. The minimum absolute atomic E-state index is 0.0563. The van der Waals surface area contributed by atoms with E-state index in [1.54, 1.807) is 9.80 Å². The van der Waals surface area contributed by atoms with Gasteiger partial charge in [0.25, 0.3) is 0 Å². The number of carbonyl (C=O) groups is 2. The molecule has 1 saturated heterocycles. The zero-order chi connectivity index (χ0) is 10.8. The first-order valence-corrected chi connectivity index (χ1v) is 5.77. The largest absolute Gasteiger partial charge is 0.322 e. The van der Waals surface area contributed by atoms with Crippen molar-refractivity contribution in [2.45, 2.75) is 32.2 Å². The van der Waals surface area contributed by atoms with Gasteiger partial charge in [-0.05, 0) is 25.2 Å². The molecular weight excluding hydrogens is 192 g/mol. The van der Waals surface area contributed by atoms with Gasteiger partial charge in [-0.15, -0.1) is 0 Å². The average Bonchev–Trinajstić information content (AvgIpc) is 2.99. The summed E-state index contributed by atoms with van der Waals surface area (Å²) in [5.41, 5.74) is 0. The molecule has 1 aliphatic heterocycles. The van der Waals surface area contributed by atoms with Crippen LogP contribution in [0.2, 0.25) is 0 Å². The summed E-state index contributed by atoms with van der Waals surface area (Å²) in [7, 11) is 0. The highest BCUT2D eigenvalue weighted by Crippen LogP contribution is 2.31. The fourth-order valence-corrected chi connectivity index (χ4v) is 2.09. The summed E-state index contributed by atoms with van der Waals surface area (Å²) < 4.78 is 0. The van der Waals surface area contributed by atoms with Crippen LogP contribution in [0, 0.1) is 5.92 Å². The van der Waals surface area contributed by atoms with Crippen LogP contribution in [0.3, 0.4) is 0 Å². The molecule has 15 heavy (non-hydrogen) atoms. The predicted molar refractivity (Wildman–Crippen MR) is 56.5 cm³/mol. The third-order valence-electron chi connectivity index (χ3n) is 3.13. The predicted octanol–water partition coefficient (Wildman–Crippen LogP) is 1.11. The number of aldehydes is 1. The van der Waals surface area contributed by atoms with Gasteiger partial charge < -0.3 is 14.6 Å². The van der Waals surface area contributed by atoms with Crippen molar-refractivity contribution in [3.8, 4) is 0 Å². The Morgan fingerprint density at radius 2 is 2.20 bits per heavy atom. The molecule has 1 atom stereocenters. The normalized spacial score (nSPS) is 26.2. The highest BCUT2D eigenvalue weighted by Gasteiger charge is 2.39. The van der Waals surface area contributed by atoms with Gasteiger partial charge in [0.2, 0.25) is 0 Å². The highest BCUT2D eigenvalue weighted by atomic mass is 16.2. The summed E-state index contributed by atoms with van der Waals surface area (Å²) in [6.07, 6.45) is 4.29. The first kappa shape index (κ1) is 10.5. The Morgan fingerprint density at radius 1 is 1.47 bits per heavy atom. The summed E-state index contributed by atoms with van der Waals surface area (Å²) in [4.78, 5) is 26.4. The van der Waals surface area contributed by atoms with E-state index in [1.807, 2.05) is 6.92 Å². The average molecular weight is 210 g/mol. The van der Waals surface area contributed by atoms with Crippen molar-refractivity contribution in [3.05, 3.63) is 0 Å². The van der Waals surface area contributed by atoms with Crippen molar-refractivity contribution in [1.82, 2.24) is 9.80 Å². The van der Waals surface area contributed by atoms with E-state index in [0.29, 0.717) is 12.5 Å². The Labute approximate surface area is 90.2 Å². The minimum atomic E-state index is -0.204. The fraction of sp³-hybridized carbons (Fsp3) is 0.818. The Morgan fingerprint density at radius 3 is 2.73 bits per heavy atom. The Hall–Kier alpha value is -1.06. The van der Waals surface area contributed by atoms with Crippen molar-refractivity contribution < 1.29 is 9.59 Å². The van der Waals surface area contributed by atoms with Crippen molar-refractivity contribution in [2.75, 3.05) is 19.6 Å². The van der Waals surface area contributed by atoms with Crippen LogP contribution in [0.4, 0.5) is 4.79 Å². The monoisotopic (exact) mass is 210 g/mol. The maximum atomic E-state index is 11.9. The van der Waals surface area contributed by atoms with Gasteiger partial charge in [-0.1, -0.05) is 6.92 Å². The first-order valence-electron chi connectivity index (χ1n) is 5.77. The molecular formula is C11H18N2O2. The quantitative estimate of drug-likeness (QED) is 0.638. The van der Waals surface area contributed by atoms with E-state index in [0.717, 1.165) is 25.8 Å². The molecule has 2 rings (SSSR count). The summed E-state index contributed by atoms with van der Waals surface area (Å²) in [5, 5.41) is 0. The van der Waals surface area contributed by atoms with Crippen LogP contribution in [0.5, 0.6) is 0 Å². The molecule has 2 amide bonds. The van der Waals surface area contributed by atoms with Gasteiger partial charge >= 0.3 is 6.03 Å². The molecule has 1 saturated carbocycles. The molecule has 0 aromatic rings. The van der Waals surface area contributed by atoms with Gasteiger partial charge in [0, 0.05) is 19.6 Å². The number of nitrogens with zero attached hydrogens (tertiary/aromatic N) is 2. The summed E-state index contributed by atoms with van der Waals surface area (Å²) in [5.74, 6) is 0.651. The van der Waals surface area contributed by atoms with E-state index < -0.39 is 0 Å². The Bertz CT molecular complexity index is 263. The number of rotatable bonds is 5. The fourth-order valence-electron chi connectivity index (χ4n) is 2.09. The lowest BCUT2D eigenvalue weighted by atomic mass is 10.3. The maximum absolute atomic E-state index is 11.9. The van der Waals surface area contributed by atoms with Crippen LogP contribution >= 0.6 is 0 Å².